The first-order valence-electron chi connectivity index (χ1n) is 11.9. The second kappa shape index (κ2) is 9.35. The van der Waals surface area contributed by atoms with Gasteiger partial charge in [0.2, 0.25) is 5.91 Å². The van der Waals surface area contributed by atoms with Gasteiger partial charge in [-0.1, -0.05) is 24.2 Å². The number of phenols is 1. The Balaban J connectivity index is 1.78. The molecule has 2 aliphatic rings. The fraction of sp³-hybridized carbons (Fsp3) is 0.346. The molecule has 194 valence electrons. The van der Waals surface area contributed by atoms with E-state index in [0.717, 1.165) is 0 Å². The van der Waals surface area contributed by atoms with Gasteiger partial charge in [0.15, 0.2) is 5.75 Å². The van der Waals surface area contributed by atoms with Gasteiger partial charge < -0.3 is 24.7 Å². The Morgan fingerprint density at radius 1 is 1.30 bits per heavy atom. The Labute approximate surface area is 217 Å². The van der Waals surface area contributed by atoms with E-state index in [1.807, 2.05) is 18.7 Å². The van der Waals surface area contributed by atoms with Crippen LogP contribution < -0.4 is 15.3 Å². The molecular weight excluding hydrogens is 503 g/mol. The van der Waals surface area contributed by atoms with Crippen molar-refractivity contribution in [2.75, 3.05) is 31.2 Å². The zero-order chi connectivity index (χ0) is 26.6. The third kappa shape index (κ3) is 3.91. The zero-order valence-electron chi connectivity index (χ0n) is 20.3. The Morgan fingerprint density at radius 2 is 2.05 bits per heavy atom. The number of rotatable bonds is 4. The standard InChI is InChI=1S/C26H26ClFN4O5/c1-4-20(35)30-9-14(3)31(10-13(30)2)25-16-8-17(27)21(22-18(28)6-5-7-19(22)34)24-23(16)32(26(36)29-25)15(11-33)12-37-24/h4-8,13-15,33-34H,1,9-12H2,2-3H3/t13-,14+,15-/m1/s1. The van der Waals surface area contributed by atoms with Crippen LogP contribution in [0.1, 0.15) is 19.9 Å². The van der Waals surface area contributed by atoms with E-state index in [4.69, 9.17) is 16.3 Å². The molecule has 1 fully saturated rings. The Bertz CT molecular complexity index is 1470. The number of piperazine rings is 1. The number of benzene rings is 2. The molecule has 1 saturated heterocycles. The summed E-state index contributed by atoms with van der Waals surface area (Å²) in [7, 11) is 0. The molecule has 9 nitrogen and oxygen atoms in total. The van der Waals surface area contributed by atoms with Crippen molar-refractivity contribution in [3.8, 4) is 22.6 Å². The summed E-state index contributed by atoms with van der Waals surface area (Å²) < 4.78 is 22.3. The molecular formula is C26H26ClFN4O5. The van der Waals surface area contributed by atoms with E-state index in [1.165, 1.54) is 28.8 Å². The average molecular weight is 529 g/mol. The van der Waals surface area contributed by atoms with Gasteiger partial charge in [-0.25, -0.2) is 9.18 Å². The topological polar surface area (TPSA) is 108 Å². The molecule has 5 rings (SSSR count). The van der Waals surface area contributed by atoms with Crippen molar-refractivity contribution < 1.29 is 24.1 Å². The highest BCUT2D eigenvalue weighted by molar-refractivity contribution is 6.35. The molecule has 1 aromatic heterocycles. The first kappa shape index (κ1) is 25.0. The normalized spacial score (nSPS) is 21.2. The van der Waals surface area contributed by atoms with E-state index in [-0.39, 0.29) is 58.9 Å². The quantitative estimate of drug-likeness (QED) is 0.501. The number of phenolic OH excluding ortho intramolecular Hbond substituents is 1. The summed E-state index contributed by atoms with van der Waals surface area (Å²) in [4.78, 5) is 33.7. The predicted octanol–water partition coefficient (Wildman–Crippen LogP) is 3.10. The van der Waals surface area contributed by atoms with Gasteiger partial charge in [-0.3, -0.25) is 9.36 Å². The van der Waals surface area contributed by atoms with Gasteiger partial charge in [0, 0.05) is 30.6 Å². The van der Waals surface area contributed by atoms with E-state index in [1.54, 1.807) is 11.0 Å². The fourth-order valence-corrected chi connectivity index (χ4v) is 5.54. The van der Waals surface area contributed by atoms with Crippen molar-refractivity contribution in [2.24, 2.45) is 0 Å². The van der Waals surface area contributed by atoms with Crippen LogP contribution in [0.2, 0.25) is 5.02 Å². The summed E-state index contributed by atoms with van der Waals surface area (Å²) >= 11 is 6.71. The van der Waals surface area contributed by atoms with Crippen LogP contribution in [0.3, 0.4) is 0 Å². The molecule has 1 amide bonds. The maximum atomic E-state index is 14.9. The monoisotopic (exact) mass is 528 g/mol. The van der Waals surface area contributed by atoms with Crippen LogP contribution in [0.4, 0.5) is 10.2 Å². The number of nitrogens with zero attached hydrogens (tertiary/aromatic N) is 4. The summed E-state index contributed by atoms with van der Waals surface area (Å²) in [6.07, 6.45) is 1.28. The minimum atomic E-state index is -0.717. The smallest absolute Gasteiger partial charge is 0.350 e. The van der Waals surface area contributed by atoms with E-state index >= 15 is 0 Å². The molecule has 0 saturated carbocycles. The van der Waals surface area contributed by atoms with E-state index in [2.05, 4.69) is 11.6 Å². The highest BCUT2D eigenvalue weighted by Crippen LogP contribution is 2.49. The van der Waals surface area contributed by atoms with E-state index in [0.29, 0.717) is 29.8 Å². The maximum Gasteiger partial charge on any atom is 0.350 e. The predicted molar refractivity (Wildman–Crippen MR) is 138 cm³/mol. The molecule has 37 heavy (non-hydrogen) atoms. The maximum absolute atomic E-state index is 14.9. The number of hydrogen-bond donors (Lipinski definition) is 2. The van der Waals surface area contributed by atoms with Crippen molar-refractivity contribution >= 4 is 34.2 Å². The van der Waals surface area contributed by atoms with Gasteiger partial charge in [-0.15, -0.1) is 0 Å². The lowest BCUT2D eigenvalue weighted by atomic mass is 9.98. The molecule has 3 atom stereocenters. The Morgan fingerprint density at radius 3 is 2.73 bits per heavy atom. The molecule has 0 unspecified atom stereocenters. The van der Waals surface area contributed by atoms with Crippen LogP contribution in [0, 0.1) is 5.82 Å². The first-order chi connectivity index (χ1) is 17.7. The van der Waals surface area contributed by atoms with Crippen LogP contribution in [-0.4, -0.2) is 69.0 Å². The Kier molecular flexibility index (Phi) is 6.33. The molecule has 3 aromatic rings. The van der Waals surface area contributed by atoms with Crippen molar-refractivity contribution in [1.82, 2.24) is 14.5 Å². The largest absolute Gasteiger partial charge is 0.507 e. The Hall–Kier alpha value is -3.63. The number of ether oxygens (including phenoxy) is 1. The summed E-state index contributed by atoms with van der Waals surface area (Å²) in [6, 6.07) is 4.35. The van der Waals surface area contributed by atoms with Gasteiger partial charge >= 0.3 is 5.69 Å². The van der Waals surface area contributed by atoms with Crippen LogP contribution in [0.15, 0.2) is 41.7 Å². The van der Waals surface area contributed by atoms with E-state index < -0.39 is 17.5 Å². The van der Waals surface area contributed by atoms with Gasteiger partial charge in [-0.05, 0) is 38.1 Å². The number of aromatic hydroxyl groups is 1. The molecule has 2 aromatic carbocycles. The second-order valence-electron chi connectivity index (χ2n) is 9.37. The van der Waals surface area contributed by atoms with Gasteiger partial charge in [0.25, 0.3) is 0 Å². The van der Waals surface area contributed by atoms with Crippen LogP contribution in [0.25, 0.3) is 22.0 Å². The van der Waals surface area contributed by atoms with Crippen molar-refractivity contribution in [3.05, 3.63) is 58.2 Å². The number of anilines is 1. The number of aliphatic hydroxyl groups excluding tert-OH is 1. The summed E-state index contributed by atoms with van der Waals surface area (Å²) in [5.74, 6) is -0.760. The minimum Gasteiger partial charge on any atom is -0.507 e. The zero-order valence-corrected chi connectivity index (χ0v) is 21.1. The molecule has 2 N–H and O–H groups in total. The SMILES string of the molecule is C=CC(=O)N1C[C@H](C)N(c2nc(=O)n3c4c(c(-c5c(O)cccc5F)c(Cl)cc24)OC[C@H]3CO)C[C@H]1C. The molecule has 0 radical (unpaired) electrons. The first-order valence-corrected chi connectivity index (χ1v) is 12.3. The number of halogens is 2. The molecule has 2 aliphatic heterocycles. The number of carbonyl (C=O) groups is 1. The third-order valence-electron chi connectivity index (χ3n) is 7.05. The molecule has 0 aliphatic carbocycles. The van der Waals surface area contributed by atoms with Crippen LogP contribution in [0.5, 0.6) is 11.5 Å². The lowest BCUT2D eigenvalue weighted by Gasteiger charge is -2.44. The number of carbonyl (C=O) groups excluding carboxylic acids is 1. The second-order valence-corrected chi connectivity index (χ2v) is 9.78. The number of aromatic nitrogens is 2. The molecule has 0 bridgehead atoms. The van der Waals surface area contributed by atoms with Gasteiger partial charge in [0.1, 0.15) is 24.0 Å². The summed E-state index contributed by atoms with van der Waals surface area (Å²) in [5, 5.41) is 21.0. The highest BCUT2D eigenvalue weighted by Gasteiger charge is 2.36. The van der Waals surface area contributed by atoms with E-state index in [9.17, 15) is 24.2 Å². The molecule has 0 spiro atoms. The average Bonchev–Trinajstić information content (AvgIpc) is 2.87. The summed E-state index contributed by atoms with van der Waals surface area (Å²) in [6.45, 7) is 7.71. The van der Waals surface area contributed by atoms with Crippen LogP contribution in [-0.2, 0) is 4.79 Å². The van der Waals surface area contributed by atoms with Crippen molar-refractivity contribution in [2.45, 2.75) is 32.0 Å². The third-order valence-corrected chi connectivity index (χ3v) is 7.35. The molecule has 11 heteroatoms. The minimum absolute atomic E-state index is 0.0716. The van der Waals surface area contributed by atoms with Crippen molar-refractivity contribution in [1.29, 1.82) is 0 Å². The number of amides is 1. The fourth-order valence-electron chi connectivity index (χ4n) is 5.25. The van der Waals surface area contributed by atoms with Gasteiger partial charge in [0.05, 0.1) is 34.3 Å². The lowest BCUT2D eigenvalue weighted by molar-refractivity contribution is -0.128. The highest BCUT2D eigenvalue weighted by atomic mass is 35.5. The summed E-state index contributed by atoms with van der Waals surface area (Å²) in [5.41, 5.74) is -0.356. The number of aliphatic hydroxyl groups is 1. The number of hydrogen-bond acceptors (Lipinski definition) is 7. The lowest BCUT2D eigenvalue weighted by Crippen LogP contribution is -2.58. The van der Waals surface area contributed by atoms with Crippen molar-refractivity contribution in [3.63, 3.8) is 0 Å². The van der Waals surface area contributed by atoms with Gasteiger partial charge in [-0.2, -0.15) is 4.98 Å². The van der Waals surface area contributed by atoms with Crippen LogP contribution >= 0.6 is 11.6 Å². The molecule has 3 heterocycles.